The van der Waals surface area contributed by atoms with Crippen molar-refractivity contribution in [1.29, 1.82) is 0 Å². The lowest BCUT2D eigenvalue weighted by atomic mass is 10.4. The van der Waals surface area contributed by atoms with Gasteiger partial charge in [-0.05, 0) is 6.92 Å². The molecule has 0 fully saturated rings. The van der Waals surface area contributed by atoms with E-state index in [0.29, 0.717) is 0 Å². The Hall–Kier alpha value is -2.69. The Bertz CT molecular complexity index is 627. The number of ether oxygens (including phenoxy) is 1. The first kappa shape index (κ1) is 10.8. The first-order chi connectivity index (χ1) is 8.19. The van der Waals surface area contributed by atoms with Gasteiger partial charge in [-0.25, -0.2) is 9.64 Å². The quantitative estimate of drug-likeness (QED) is 0.601. The van der Waals surface area contributed by atoms with Gasteiger partial charge in [0.15, 0.2) is 5.75 Å². The Balaban J connectivity index is 2.60. The molecule has 1 N–H and O–H groups in total. The molecule has 0 bridgehead atoms. The topological polar surface area (TPSA) is 94.0 Å². The summed E-state index contributed by atoms with van der Waals surface area (Å²) in [4.78, 5) is 14.5. The summed E-state index contributed by atoms with van der Waals surface area (Å²) in [7, 11) is 0. The lowest BCUT2D eigenvalue weighted by molar-refractivity contribution is 0.0509. The molecule has 0 amide bonds. The minimum absolute atomic E-state index is 0.0541. The Labute approximate surface area is 95.3 Å². The van der Waals surface area contributed by atoms with Crippen molar-refractivity contribution in [2.75, 3.05) is 6.61 Å². The molecule has 0 aliphatic heterocycles. The fraction of sp³-hybridized carbons (Fsp3) is 0.222. The van der Waals surface area contributed by atoms with Crippen LogP contribution in [0.2, 0.25) is 0 Å². The van der Waals surface area contributed by atoms with Gasteiger partial charge in [-0.2, -0.15) is 9.61 Å². The van der Waals surface area contributed by atoms with Crippen molar-refractivity contribution in [3.8, 4) is 5.75 Å². The van der Waals surface area contributed by atoms with E-state index in [-0.39, 0.29) is 29.5 Å². The highest BCUT2D eigenvalue weighted by molar-refractivity contribution is 5.86. The second-order valence-electron chi connectivity index (χ2n) is 2.97. The maximum atomic E-state index is 11.5. The number of esters is 1. The lowest BCUT2D eigenvalue weighted by Crippen LogP contribution is -2.10. The van der Waals surface area contributed by atoms with Crippen LogP contribution in [0.5, 0.6) is 5.75 Å². The van der Waals surface area contributed by atoms with Crippen molar-refractivity contribution in [2.24, 2.45) is 0 Å². The normalized spacial score (nSPS) is 10.1. The first-order valence-corrected chi connectivity index (χ1v) is 4.67. The molecule has 86 valence electrons. The van der Waals surface area contributed by atoms with E-state index in [4.69, 9.17) is 11.3 Å². The average Bonchev–Trinajstić information content (AvgIpc) is 2.74. The molecule has 2 heterocycles. The van der Waals surface area contributed by atoms with Crippen molar-refractivity contribution < 1.29 is 14.6 Å². The number of hydrogen-bond acceptors (Lipinski definition) is 6. The number of rotatable bonds is 2. The number of carbonyl (C=O) groups is 1. The molecule has 17 heavy (non-hydrogen) atoms. The number of hydrogen-bond donors (Lipinski definition) is 1. The predicted molar refractivity (Wildman–Crippen MR) is 54.7 cm³/mol. The summed E-state index contributed by atoms with van der Waals surface area (Å²) in [6.45, 7) is 8.64. The van der Waals surface area contributed by atoms with Crippen LogP contribution in [0.4, 0.5) is 5.69 Å². The second kappa shape index (κ2) is 4.05. The van der Waals surface area contributed by atoms with Gasteiger partial charge in [-0.1, -0.05) is 0 Å². The van der Waals surface area contributed by atoms with Crippen LogP contribution < -0.4 is 0 Å². The highest BCUT2D eigenvalue weighted by atomic mass is 16.5. The minimum Gasteiger partial charge on any atom is -0.515 e. The van der Waals surface area contributed by atoms with Crippen LogP contribution in [0.3, 0.4) is 0 Å². The summed E-state index contributed by atoms with van der Waals surface area (Å²) in [5.41, 5.74) is -0.109. The summed E-state index contributed by atoms with van der Waals surface area (Å²) in [6.07, 6.45) is 1.13. The SMILES string of the molecule is [C-]#[N+]c1cnn2c(C(=O)OCC)nnc2c1O. The van der Waals surface area contributed by atoms with E-state index in [9.17, 15) is 9.90 Å². The zero-order valence-electron chi connectivity index (χ0n) is 8.78. The van der Waals surface area contributed by atoms with Gasteiger partial charge in [-0.3, -0.25) is 0 Å². The summed E-state index contributed by atoms with van der Waals surface area (Å²) in [6, 6.07) is 0. The molecule has 0 aliphatic rings. The highest BCUT2D eigenvalue weighted by Crippen LogP contribution is 2.28. The van der Waals surface area contributed by atoms with E-state index < -0.39 is 5.97 Å². The Kier molecular flexibility index (Phi) is 2.58. The van der Waals surface area contributed by atoms with Gasteiger partial charge >= 0.3 is 5.97 Å². The summed E-state index contributed by atoms with van der Waals surface area (Å²) >= 11 is 0. The standard InChI is InChI=1S/C9H7N5O3/c1-3-17-9(16)8-13-12-7-6(15)5(10-2)4-11-14(7)8/h4,15H,3H2,1H3. The molecule has 0 aromatic carbocycles. The van der Waals surface area contributed by atoms with Gasteiger partial charge in [0.05, 0.1) is 19.4 Å². The number of carbonyl (C=O) groups excluding carboxylic acids is 1. The molecule has 0 radical (unpaired) electrons. The fourth-order valence-electron chi connectivity index (χ4n) is 1.23. The number of aromatic hydroxyl groups is 1. The molecule has 0 saturated carbocycles. The van der Waals surface area contributed by atoms with Crippen molar-refractivity contribution in [3.05, 3.63) is 23.4 Å². The van der Waals surface area contributed by atoms with Gasteiger partial charge in [0, 0.05) is 0 Å². The van der Waals surface area contributed by atoms with E-state index in [2.05, 4.69) is 20.1 Å². The first-order valence-electron chi connectivity index (χ1n) is 4.67. The Morgan fingerprint density at radius 2 is 2.41 bits per heavy atom. The van der Waals surface area contributed by atoms with Crippen LogP contribution in [0.15, 0.2) is 6.20 Å². The maximum Gasteiger partial charge on any atom is 0.378 e. The number of aromatic nitrogens is 4. The van der Waals surface area contributed by atoms with Crippen molar-refractivity contribution in [2.45, 2.75) is 6.92 Å². The molecule has 0 spiro atoms. The monoisotopic (exact) mass is 233 g/mol. The van der Waals surface area contributed by atoms with Crippen molar-refractivity contribution >= 4 is 17.3 Å². The molecular weight excluding hydrogens is 226 g/mol. The maximum absolute atomic E-state index is 11.5. The van der Waals surface area contributed by atoms with Crippen LogP contribution in [-0.2, 0) is 4.74 Å². The molecule has 2 rings (SSSR count). The van der Waals surface area contributed by atoms with E-state index in [0.717, 1.165) is 10.7 Å². The van der Waals surface area contributed by atoms with Gasteiger partial charge < -0.3 is 9.84 Å². The molecule has 0 saturated heterocycles. The van der Waals surface area contributed by atoms with E-state index in [1.807, 2.05) is 0 Å². The fourth-order valence-corrected chi connectivity index (χ4v) is 1.23. The Morgan fingerprint density at radius 1 is 1.65 bits per heavy atom. The lowest BCUT2D eigenvalue weighted by Gasteiger charge is -2.00. The summed E-state index contributed by atoms with van der Waals surface area (Å²) < 4.78 is 5.78. The van der Waals surface area contributed by atoms with Gasteiger partial charge in [0.2, 0.25) is 5.65 Å². The highest BCUT2D eigenvalue weighted by Gasteiger charge is 2.19. The largest absolute Gasteiger partial charge is 0.515 e. The summed E-state index contributed by atoms with van der Waals surface area (Å²) in [5, 5.41) is 20.6. The molecule has 8 heteroatoms. The average molecular weight is 233 g/mol. The minimum atomic E-state index is -0.692. The van der Waals surface area contributed by atoms with E-state index in [1.54, 1.807) is 6.92 Å². The van der Waals surface area contributed by atoms with Crippen LogP contribution in [0, 0.1) is 6.57 Å². The van der Waals surface area contributed by atoms with E-state index >= 15 is 0 Å². The smallest absolute Gasteiger partial charge is 0.378 e. The van der Waals surface area contributed by atoms with Gasteiger partial charge in [0.1, 0.15) is 0 Å². The predicted octanol–water partition coefficient (Wildman–Crippen LogP) is 0.557. The van der Waals surface area contributed by atoms with Crippen LogP contribution in [0.1, 0.15) is 17.5 Å². The third-order valence-electron chi connectivity index (χ3n) is 1.97. The van der Waals surface area contributed by atoms with Crippen LogP contribution >= 0.6 is 0 Å². The van der Waals surface area contributed by atoms with Crippen molar-refractivity contribution in [3.63, 3.8) is 0 Å². The van der Waals surface area contributed by atoms with Gasteiger partial charge in [-0.15, -0.1) is 10.2 Å². The zero-order chi connectivity index (χ0) is 12.4. The zero-order valence-corrected chi connectivity index (χ0v) is 8.78. The molecule has 0 aliphatic carbocycles. The van der Waals surface area contributed by atoms with Gasteiger partial charge in [0.25, 0.3) is 11.5 Å². The third-order valence-corrected chi connectivity index (χ3v) is 1.97. The molecule has 0 atom stereocenters. The van der Waals surface area contributed by atoms with E-state index in [1.165, 1.54) is 0 Å². The van der Waals surface area contributed by atoms with Crippen molar-refractivity contribution in [1.82, 2.24) is 19.8 Å². The summed E-state index contributed by atoms with van der Waals surface area (Å²) in [5.74, 6) is -1.20. The molecule has 2 aromatic rings. The molecule has 0 unspecified atom stereocenters. The molecule has 2 aromatic heterocycles. The molecule has 8 nitrogen and oxygen atoms in total. The Morgan fingerprint density at radius 3 is 3.06 bits per heavy atom. The molecular formula is C9H7N5O3. The number of nitrogens with zero attached hydrogens (tertiary/aromatic N) is 5. The van der Waals surface area contributed by atoms with Crippen LogP contribution in [-0.4, -0.2) is 37.5 Å². The third kappa shape index (κ3) is 1.63. The second-order valence-corrected chi connectivity index (χ2v) is 2.97. The van der Waals surface area contributed by atoms with Crippen LogP contribution in [0.25, 0.3) is 10.5 Å². The number of fused-ring (bicyclic) bond motifs is 1.